The van der Waals surface area contributed by atoms with Gasteiger partial charge in [-0.15, -0.1) is 0 Å². The van der Waals surface area contributed by atoms with E-state index in [1.807, 2.05) is 6.07 Å². The van der Waals surface area contributed by atoms with E-state index in [9.17, 15) is 18.8 Å². The summed E-state index contributed by atoms with van der Waals surface area (Å²) in [5.74, 6) is -2.31. The van der Waals surface area contributed by atoms with Crippen LogP contribution in [0.15, 0.2) is 54.6 Å². The summed E-state index contributed by atoms with van der Waals surface area (Å²) in [6.07, 6.45) is 2.63. The summed E-state index contributed by atoms with van der Waals surface area (Å²) in [6.45, 7) is -0.866. The summed E-state index contributed by atoms with van der Waals surface area (Å²) in [6, 6.07) is 13.7. The van der Waals surface area contributed by atoms with E-state index in [0.717, 1.165) is 6.08 Å². The van der Waals surface area contributed by atoms with E-state index < -0.39 is 30.2 Å². The molecule has 0 saturated heterocycles. The third-order valence-electron chi connectivity index (χ3n) is 3.37. The zero-order valence-electron chi connectivity index (χ0n) is 14.6. The molecule has 0 spiro atoms. The molecular weight excluding hydrogens is 365 g/mol. The van der Waals surface area contributed by atoms with E-state index in [4.69, 9.17) is 10.00 Å². The number of benzene rings is 2. The van der Waals surface area contributed by atoms with Gasteiger partial charge >= 0.3 is 5.97 Å². The van der Waals surface area contributed by atoms with Crippen molar-refractivity contribution in [2.45, 2.75) is 0 Å². The number of carbonyl (C=O) groups excluding carboxylic acids is 3. The molecule has 0 aliphatic carbocycles. The Kier molecular flexibility index (Phi) is 7.43. The summed E-state index contributed by atoms with van der Waals surface area (Å²) in [4.78, 5) is 34.9. The van der Waals surface area contributed by atoms with Crippen molar-refractivity contribution >= 4 is 29.5 Å². The van der Waals surface area contributed by atoms with Crippen molar-refractivity contribution in [3.05, 3.63) is 71.6 Å². The minimum atomic E-state index is -0.727. The molecule has 2 N–H and O–H groups in total. The average molecular weight is 381 g/mol. The number of anilines is 1. The predicted octanol–water partition coefficient (Wildman–Crippen LogP) is 2.01. The van der Waals surface area contributed by atoms with Crippen LogP contribution in [0.5, 0.6) is 0 Å². The molecule has 0 atom stereocenters. The first-order valence-corrected chi connectivity index (χ1v) is 8.13. The predicted molar refractivity (Wildman–Crippen MR) is 99.2 cm³/mol. The van der Waals surface area contributed by atoms with Crippen LogP contribution in [0.25, 0.3) is 6.08 Å². The maximum atomic E-state index is 12.8. The van der Waals surface area contributed by atoms with E-state index in [1.165, 1.54) is 30.3 Å². The Morgan fingerprint density at radius 3 is 2.36 bits per heavy atom. The number of amides is 2. The van der Waals surface area contributed by atoms with Crippen LogP contribution >= 0.6 is 0 Å². The van der Waals surface area contributed by atoms with Gasteiger partial charge in [0, 0.05) is 11.8 Å². The second-order valence-corrected chi connectivity index (χ2v) is 5.51. The Hall–Kier alpha value is -3.99. The molecule has 0 bridgehead atoms. The van der Waals surface area contributed by atoms with Gasteiger partial charge in [0.15, 0.2) is 6.61 Å². The highest BCUT2D eigenvalue weighted by Crippen LogP contribution is 2.07. The molecule has 0 radical (unpaired) electrons. The average Bonchev–Trinajstić information content (AvgIpc) is 2.71. The Bertz CT molecular complexity index is 916. The molecular formula is C20H16FN3O4. The zero-order valence-corrected chi connectivity index (χ0v) is 14.6. The van der Waals surface area contributed by atoms with Gasteiger partial charge in [-0.05, 0) is 48.0 Å². The molecule has 0 unspecified atom stereocenters. The minimum absolute atomic E-state index is 0.325. The molecule has 8 heteroatoms. The van der Waals surface area contributed by atoms with Gasteiger partial charge in [-0.25, -0.2) is 9.18 Å². The largest absolute Gasteiger partial charge is 0.452 e. The van der Waals surface area contributed by atoms with Gasteiger partial charge in [-0.2, -0.15) is 5.26 Å². The topological polar surface area (TPSA) is 108 Å². The van der Waals surface area contributed by atoms with Crippen LogP contribution in [0.3, 0.4) is 0 Å². The van der Waals surface area contributed by atoms with Gasteiger partial charge < -0.3 is 15.4 Å². The fourth-order valence-electron chi connectivity index (χ4n) is 1.99. The molecule has 0 aliphatic heterocycles. The molecule has 2 aromatic carbocycles. The van der Waals surface area contributed by atoms with Crippen molar-refractivity contribution in [3.63, 3.8) is 0 Å². The van der Waals surface area contributed by atoms with E-state index in [1.54, 1.807) is 24.3 Å². The van der Waals surface area contributed by atoms with Crippen molar-refractivity contribution in [2.24, 2.45) is 0 Å². The molecule has 28 heavy (non-hydrogen) atoms. The number of nitrogens with one attached hydrogen (secondary N) is 2. The first-order valence-electron chi connectivity index (χ1n) is 8.13. The maximum Gasteiger partial charge on any atom is 0.331 e. The fraction of sp³-hybridized carbons (Fsp3) is 0.100. The number of nitriles is 1. The Balaban J connectivity index is 1.68. The lowest BCUT2D eigenvalue weighted by Crippen LogP contribution is -2.35. The van der Waals surface area contributed by atoms with Crippen molar-refractivity contribution in [1.82, 2.24) is 5.32 Å². The first kappa shape index (κ1) is 20.3. The number of nitrogens with zero attached hydrogens (tertiary/aromatic N) is 1. The lowest BCUT2D eigenvalue weighted by molar-refractivity contribution is -0.143. The second kappa shape index (κ2) is 10.2. The number of ether oxygens (including phenoxy) is 1. The summed E-state index contributed by atoms with van der Waals surface area (Å²) in [7, 11) is 0. The molecule has 2 aromatic rings. The van der Waals surface area contributed by atoms with Gasteiger partial charge in [0.25, 0.3) is 5.91 Å². The van der Waals surface area contributed by atoms with Gasteiger partial charge in [-0.1, -0.05) is 12.1 Å². The monoisotopic (exact) mass is 381 g/mol. The SMILES string of the molecule is N#Cc1ccc(/C=C/C(=O)OCC(=O)NCC(=O)Nc2ccc(F)cc2)cc1. The molecule has 142 valence electrons. The second-order valence-electron chi connectivity index (χ2n) is 5.51. The Morgan fingerprint density at radius 2 is 1.71 bits per heavy atom. The number of carbonyl (C=O) groups is 3. The van der Waals surface area contributed by atoms with Crippen LogP contribution in [-0.2, 0) is 19.1 Å². The highest BCUT2D eigenvalue weighted by Gasteiger charge is 2.08. The van der Waals surface area contributed by atoms with Crippen molar-refractivity contribution in [2.75, 3.05) is 18.5 Å². The third-order valence-corrected chi connectivity index (χ3v) is 3.37. The van der Waals surface area contributed by atoms with Crippen LogP contribution in [0, 0.1) is 17.1 Å². The van der Waals surface area contributed by atoms with E-state index in [-0.39, 0.29) is 6.54 Å². The van der Waals surface area contributed by atoms with E-state index in [2.05, 4.69) is 10.6 Å². The summed E-state index contributed by atoms with van der Waals surface area (Å²) >= 11 is 0. The number of hydrogen-bond donors (Lipinski definition) is 2. The summed E-state index contributed by atoms with van der Waals surface area (Å²) < 4.78 is 17.6. The van der Waals surface area contributed by atoms with Gasteiger partial charge in [0.05, 0.1) is 18.2 Å². The molecule has 0 aromatic heterocycles. The molecule has 0 aliphatic rings. The van der Waals surface area contributed by atoms with Crippen LogP contribution in [0.1, 0.15) is 11.1 Å². The Labute approximate surface area is 160 Å². The maximum absolute atomic E-state index is 12.8. The molecule has 2 rings (SSSR count). The number of hydrogen-bond acceptors (Lipinski definition) is 5. The summed E-state index contributed by atoms with van der Waals surface area (Å²) in [5.41, 5.74) is 1.58. The normalized spacial score (nSPS) is 10.1. The quantitative estimate of drug-likeness (QED) is 0.563. The molecule has 7 nitrogen and oxygen atoms in total. The third kappa shape index (κ3) is 7.09. The molecule has 0 heterocycles. The van der Waals surface area contributed by atoms with Gasteiger partial charge in [-0.3, -0.25) is 9.59 Å². The number of esters is 1. The highest BCUT2D eigenvalue weighted by molar-refractivity contribution is 5.95. The van der Waals surface area contributed by atoms with Crippen LogP contribution < -0.4 is 10.6 Å². The van der Waals surface area contributed by atoms with Crippen LogP contribution in [0.2, 0.25) is 0 Å². The van der Waals surface area contributed by atoms with Crippen molar-refractivity contribution in [3.8, 4) is 6.07 Å². The molecule has 2 amide bonds. The number of rotatable bonds is 7. The lowest BCUT2D eigenvalue weighted by Gasteiger charge is -2.07. The van der Waals surface area contributed by atoms with Crippen molar-refractivity contribution < 1.29 is 23.5 Å². The van der Waals surface area contributed by atoms with Crippen LogP contribution in [0.4, 0.5) is 10.1 Å². The lowest BCUT2D eigenvalue weighted by atomic mass is 10.1. The highest BCUT2D eigenvalue weighted by atomic mass is 19.1. The van der Waals surface area contributed by atoms with Crippen LogP contribution in [-0.4, -0.2) is 30.9 Å². The smallest absolute Gasteiger partial charge is 0.331 e. The van der Waals surface area contributed by atoms with E-state index >= 15 is 0 Å². The number of halogens is 1. The van der Waals surface area contributed by atoms with E-state index in [0.29, 0.717) is 16.8 Å². The molecule has 0 fully saturated rings. The summed E-state index contributed by atoms with van der Waals surface area (Å²) in [5, 5.41) is 13.5. The molecule has 0 saturated carbocycles. The van der Waals surface area contributed by atoms with Gasteiger partial charge in [0.2, 0.25) is 5.91 Å². The van der Waals surface area contributed by atoms with Gasteiger partial charge in [0.1, 0.15) is 5.82 Å². The first-order chi connectivity index (χ1) is 13.5. The fourth-order valence-corrected chi connectivity index (χ4v) is 1.99. The minimum Gasteiger partial charge on any atom is -0.452 e. The van der Waals surface area contributed by atoms with Crippen molar-refractivity contribution in [1.29, 1.82) is 5.26 Å². The zero-order chi connectivity index (χ0) is 20.4. The Morgan fingerprint density at radius 1 is 1.04 bits per heavy atom. The standard InChI is InChI=1S/C20H16FN3O4/c21-16-6-8-17(9-7-16)24-18(25)12-23-19(26)13-28-20(27)10-5-14-1-3-15(11-22)4-2-14/h1-10H,12-13H2,(H,23,26)(H,24,25)/b10-5+.